The van der Waals surface area contributed by atoms with E-state index in [2.05, 4.69) is 4.98 Å². The van der Waals surface area contributed by atoms with Gasteiger partial charge in [-0.3, -0.25) is 24.8 Å². The molecule has 15 heteroatoms. The monoisotopic (exact) mass is 548 g/mol. The van der Waals surface area contributed by atoms with Gasteiger partial charge in [0.05, 0.1) is 15.4 Å². The molecule has 1 amide bonds. The number of hydrogen-bond donors (Lipinski definition) is 0. The number of ether oxygens (including phenoxy) is 2. The van der Waals surface area contributed by atoms with Crippen LogP contribution in [-0.2, 0) is 0 Å². The fourth-order valence-corrected chi connectivity index (χ4v) is 4.46. The van der Waals surface area contributed by atoms with Crippen LogP contribution in [0.25, 0.3) is 11.2 Å². The summed E-state index contributed by atoms with van der Waals surface area (Å²) in [6.45, 7) is 0.506. The first-order valence-electron chi connectivity index (χ1n) is 12.0. The van der Waals surface area contributed by atoms with Crippen LogP contribution in [0.2, 0.25) is 0 Å². The lowest BCUT2D eigenvalue weighted by molar-refractivity contribution is -0.385. The number of likely N-dealkylation sites (tertiary alicyclic amines) is 1. The number of pyridine rings is 1. The Hall–Kier alpha value is -5.60. The van der Waals surface area contributed by atoms with E-state index >= 15 is 0 Å². The number of amides is 1. The largest absolute Gasteiger partial charge is 0.429 e. The van der Waals surface area contributed by atoms with Gasteiger partial charge in [0.15, 0.2) is 5.65 Å². The van der Waals surface area contributed by atoms with Gasteiger partial charge in [-0.2, -0.15) is 4.57 Å². The van der Waals surface area contributed by atoms with E-state index in [1.807, 2.05) is 0 Å². The molecule has 1 aliphatic rings. The molecule has 2 aromatic heterocycles. The molecular formula is C25H20N6O9. The number of rotatable bonds is 5. The number of nitro groups is 2. The smallest absolute Gasteiger partial charge is 0.410 e. The van der Waals surface area contributed by atoms with E-state index < -0.39 is 27.7 Å². The van der Waals surface area contributed by atoms with Crippen LogP contribution in [0.1, 0.15) is 18.9 Å². The van der Waals surface area contributed by atoms with Gasteiger partial charge >= 0.3 is 17.9 Å². The van der Waals surface area contributed by atoms with Crippen molar-refractivity contribution in [2.24, 2.45) is 0 Å². The van der Waals surface area contributed by atoms with E-state index in [1.165, 1.54) is 64.2 Å². The normalized spacial score (nSPS) is 13.7. The summed E-state index contributed by atoms with van der Waals surface area (Å²) in [6.07, 6.45) is 0.528. The number of carbonyl (C=O) groups is 2. The van der Waals surface area contributed by atoms with Crippen LogP contribution in [0.5, 0.6) is 11.5 Å². The summed E-state index contributed by atoms with van der Waals surface area (Å²) < 4.78 is 12.9. The first-order chi connectivity index (χ1) is 19.2. The van der Waals surface area contributed by atoms with E-state index in [1.54, 1.807) is 12.1 Å². The zero-order valence-corrected chi connectivity index (χ0v) is 20.6. The van der Waals surface area contributed by atoms with E-state index in [-0.39, 0.29) is 47.7 Å². The van der Waals surface area contributed by atoms with Crippen molar-refractivity contribution in [3.05, 3.63) is 97.6 Å². The van der Waals surface area contributed by atoms with Crippen LogP contribution in [0.4, 0.5) is 21.0 Å². The minimum absolute atomic E-state index is 0.0131. The summed E-state index contributed by atoms with van der Waals surface area (Å²) in [5.74, 6) is 0.175. The van der Waals surface area contributed by atoms with Gasteiger partial charge in [0, 0.05) is 49.6 Å². The van der Waals surface area contributed by atoms with E-state index in [0.717, 1.165) is 4.57 Å². The fourth-order valence-electron chi connectivity index (χ4n) is 4.46. The number of hydrogen-bond acceptors (Lipinski definition) is 10. The minimum Gasteiger partial charge on any atom is -0.410 e. The zero-order valence-electron chi connectivity index (χ0n) is 20.6. The van der Waals surface area contributed by atoms with E-state index in [0.29, 0.717) is 18.4 Å². The van der Waals surface area contributed by atoms with Crippen molar-refractivity contribution >= 4 is 34.7 Å². The van der Waals surface area contributed by atoms with Crippen molar-refractivity contribution in [1.29, 1.82) is 0 Å². The van der Waals surface area contributed by atoms with E-state index in [4.69, 9.17) is 9.47 Å². The number of aromatic nitrogens is 3. The lowest BCUT2D eigenvalue weighted by Crippen LogP contribution is -2.42. The minimum atomic E-state index is -1.02. The van der Waals surface area contributed by atoms with Gasteiger partial charge in [-0.05, 0) is 49.2 Å². The number of benzene rings is 2. The number of nitro benzene ring substituents is 2. The number of nitrogens with zero attached hydrogens (tertiary/aromatic N) is 6. The topological polar surface area (TPSA) is 182 Å². The molecule has 40 heavy (non-hydrogen) atoms. The molecule has 2 aromatic carbocycles. The van der Waals surface area contributed by atoms with Crippen LogP contribution in [0.3, 0.4) is 0 Å². The summed E-state index contributed by atoms with van der Waals surface area (Å²) in [5.41, 5.74) is -0.499. The van der Waals surface area contributed by atoms with Gasteiger partial charge < -0.3 is 14.4 Å². The van der Waals surface area contributed by atoms with Crippen molar-refractivity contribution in [2.75, 3.05) is 13.1 Å². The maximum absolute atomic E-state index is 13.4. The van der Waals surface area contributed by atoms with Crippen LogP contribution in [0, 0.1) is 20.2 Å². The zero-order chi connectivity index (χ0) is 28.4. The second kappa shape index (κ2) is 10.6. The van der Waals surface area contributed by atoms with Crippen LogP contribution >= 0.6 is 0 Å². The molecule has 0 radical (unpaired) electrons. The molecule has 1 fully saturated rings. The first-order valence-corrected chi connectivity index (χ1v) is 12.0. The maximum Gasteiger partial charge on any atom is 0.429 e. The Labute approximate surface area is 224 Å². The van der Waals surface area contributed by atoms with Crippen LogP contribution < -0.4 is 15.2 Å². The number of fused-ring (bicyclic) bond motifs is 1. The highest BCUT2D eigenvalue weighted by molar-refractivity contribution is 5.85. The molecule has 0 N–H and O–H groups in total. The summed E-state index contributed by atoms with van der Waals surface area (Å²) in [7, 11) is 0. The highest BCUT2D eigenvalue weighted by atomic mass is 16.6. The molecule has 5 rings (SSSR count). The van der Waals surface area contributed by atoms with E-state index in [9.17, 15) is 34.6 Å². The highest BCUT2D eigenvalue weighted by Crippen LogP contribution is 2.27. The first kappa shape index (κ1) is 26.0. The van der Waals surface area contributed by atoms with Gasteiger partial charge in [-0.1, -0.05) is 0 Å². The van der Waals surface area contributed by atoms with Gasteiger partial charge in [0.1, 0.15) is 11.5 Å². The third kappa shape index (κ3) is 5.07. The van der Waals surface area contributed by atoms with Crippen molar-refractivity contribution in [1.82, 2.24) is 19.0 Å². The molecular weight excluding hydrogens is 528 g/mol. The summed E-state index contributed by atoms with van der Waals surface area (Å²) in [5, 5.41) is 21.7. The highest BCUT2D eigenvalue weighted by Gasteiger charge is 2.30. The molecule has 0 unspecified atom stereocenters. The Morgan fingerprint density at radius 3 is 1.88 bits per heavy atom. The molecule has 15 nitrogen and oxygen atoms in total. The quantitative estimate of drug-likeness (QED) is 0.262. The van der Waals surface area contributed by atoms with Gasteiger partial charge in [-0.25, -0.2) is 19.4 Å². The fraction of sp³-hybridized carbons (Fsp3) is 0.200. The molecule has 0 atom stereocenters. The number of imidazole rings is 1. The van der Waals surface area contributed by atoms with Gasteiger partial charge in [0.25, 0.3) is 11.4 Å². The van der Waals surface area contributed by atoms with Crippen molar-refractivity contribution in [3.63, 3.8) is 0 Å². The second-order valence-corrected chi connectivity index (χ2v) is 8.79. The third-order valence-electron chi connectivity index (χ3n) is 6.41. The average Bonchev–Trinajstić information content (AvgIpc) is 3.25. The average molecular weight is 548 g/mol. The molecule has 1 saturated heterocycles. The Morgan fingerprint density at radius 2 is 1.35 bits per heavy atom. The molecule has 0 saturated carbocycles. The Kier molecular flexibility index (Phi) is 6.92. The number of non-ortho nitro benzene ring substituents is 2. The lowest BCUT2D eigenvalue weighted by atomic mass is 10.1. The summed E-state index contributed by atoms with van der Waals surface area (Å²) >= 11 is 0. The standard InChI is InChI=1S/C25H20N6O9/c32-23-28(16-11-14-27(15-12-16)24(33)39-19-7-3-17(4-8-19)30(35)36)21-2-1-13-26-22(21)29(23)25(34)40-20-9-5-18(6-10-20)31(37)38/h1-10,13,16H,11-12,14-15H2. The summed E-state index contributed by atoms with van der Waals surface area (Å²) in [6, 6.07) is 12.9. The molecule has 204 valence electrons. The predicted octanol–water partition coefficient (Wildman–Crippen LogP) is 3.90. The molecule has 1 aliphatic heterocycles. The van der Waals surface area contributed by atoms with Gasteiger partial charge in [0.2, 0.25) is 0 Å². The van der Waals surface area contributed by atoms with Crippen molar-refractivity contribution in [2.45, 2.75) is 18.9 Å². The summed E-state index contributed by atoms with van der Waals surface area (Å²) in [4.78, 5) is 65.2. The van der Waals surface area contributed by atoms with Crippen molar-refractivity contribution < 1.29 is 28.9 Å². The molecule has 0 bridgehead atoms. The van der Waals surface area contributed by atoms with Crippen LogP contribution in [0.15, 0.2) is 71.7 Å². The lowest BCUT2D eigenvalue weighted by Gasteiger charge is -2.31. The Balaban J connectivity index is 1.31. The number of piperidine rings is 1. The SMILES string of the molecule is O=C(Oc1ccc([N+](=O)[O-])cc1)N1CCC(n2c(=O)n(C(=O)Oc3ccc([N+](=O)[O-])cc3)c3ncccc32)CC1. The Bertz CT molecular complexity index is 1670. The Morgan fingerprint density at radius 1 is 0.825 bits per heavy atom. The second-order valence-electron chi connectivity index (χ2n) is 8.79. The third-order valence-corrected chi connectivity index (χ3v) is 6.41. The van der Waals surface area contributed by atoms with Gasteiger partial charge in [-0.15, -0.1) is 0 Å². The molecule has 4 aromatic rings. The molecule has 0 spiro atoms. The van der Waals surface area contributed by atoms with Crippen molar-refractivity contribution in [3.8, 4) is 11.5 Å². The molecule has 0 aliphatic carbocycles. The molecule has 3 heterocycles. The number of carbonyl (C=O) groups excluding carboxylic acids is 2. The van der Waals surface area contributed by atoms with Crippen LogP contribution in [-0.4, -0.2) is 54.1 Å². The predicted molar refractivity (Wildman–Crippen MR) is 137 cm³/mol. The maximum atomic E-state index is 13.4.